The smallest absolute Gasteiger partial charge is 0.126 e. The van der Waals surface area contributed by atoms with Crippen LogP contribution in [0.15, 0.2) is 52.8 Å². The van der Waals surface area contributed by atoms with E-state index < -0.39 is 0 Å². The molecular weight excluding hydrogens is 216 g/mol. The van der Waals surface area contributed by atoms with Crippen LogP contribution >= 0.6 is 11.3 Å². The fourth-order valence-corrected chi connectivity index (χ4v) is 2.21. The summed E-state index contributed by atoms with van der Waals surface area (Å²) in [6.07, 6.45) is 0. The Hall–Kier alpha value is -1.61. The second-order valence-electron chi connectivity index (χ2n) is 3.57. The van der Waals surface area contributed by atoms with E-state index >= 15 is 0 Å². The molecule has 0 saturated heterocycles. The molecule has 0 radical (unpaired) electrons. The zero-order valence-electron chi connectivity index (χ0n) is 9.13. The van der Waals surface area contributed by atoms with Gasteiger partial charge < -0.3 is 5.73 Å². The Labute approximate surface area is 99.5 Å². The van der Waals surface area contributed by atoms with Crippen LogP contribution in [0, 0.1) is 0 Å². The molecule has 0 bridgehead atoms. The first kappa shape index (κ1) is 10.9. The molecule has 82 valence electrons. The van der Waals surface area contributed by atoms with Gasteiger partial charge in [-0.2, -0.15) is 0 Å². The topological polar surface area (TPSA) is 38.4 Å². The van der Waals surface area contributed by atoms with Crippen LogP contribution in [0.4, 0.5) is 0 Å². The molecule has 1 aromatic heterocycles. The van der Waals surface area contributed by atoms with Crippen molar-refractivity contribution in [2.45, 2.75) is 13.0 Å². The highest BCUT2D eigenvalue weighted by molar-refractivity contribution is 7.10. The van der Waals surface area contributed by atoms with Crippen molar-refractivity contribution in [1.82, 2.24) is 0 Å². The first-order valence-electron chi connectivity index (χ1n) is 5.19. The van der Waals surface area contributed by atoms with E-state index in [9.17, 15) is 0 Å². The van der Waals surface area contributed by atoms with E-state index in [1.54, 1.807) is 11.3 Å². The highest BCUT2D eigenvalue weighted by atomic mass is 32.1. The first-order chi connectivity index (χ1) is 7.77. The summed E-state index contributed by atoms with van der Waals surface area (Å²) in [6, 6.07) is 14.1. The lowest BCUT2D eigenvalue weighted by molar-refractivity contribution is 0.838. The van der Waals surface area contributed by atoms with Crippen LogP contribution in [0.5, 0.6) is 0 Å². The zero-order chi connectivity index (χ0) is 11.4. The van der Waals surface area contributed by atoms with Crippen LogP contribution in [-0.2, 0) is 0 Å². The normalized spacial score (nSPS) is 13.7. The number of hydrogen-bond donors (Lipinski definition) is 1. The molecule has 2 nitrogen and oxygen atoms in total. The van der Waals surface area contributed by atoms with Gasteiger partial charge in [0.15, 0.2) is 0 Å². The van der Waals surface area contributed by atoms with E-state index in [0.717, 1.165) is 5.56 Å². The predicted molar refractivity (Wildman–Crippen MR) is 69.9 cm³/mol. The number of amidine groups is 1. The number of thiophene rings is 1. The summed E-state index contributed by atoms with van der Waals surface area (Å²) in [5.41, 5.74) is 6.93. The highest BCUT2D eigenvalue weighted by Crippen LogP contribution is 2.22. The molecule has 0 aliphatic rings. The molecular formula is C13H14N2S. The molecule has 2 N–H and O–H groups in total. The Balaban J connectivity index is 2.19. The molecule has 1 atom stereocenters. The van der Waals surface area contributed by atoms with Crippen molar-refractivity contribution < 1.29 is 0 Å². The maximum Gasteiger partial charge on any atom is 0.126 e. The molecule has 1 aromatic carbocycles. The molecule has 1 unspecified atom stereocenters. The fourth-order valence-electron chi connectivity index (χ4n) is 1.48. The monoisotopic (exact) mass is 230 g/mol. The largest absolute Gasteiger partial charge is 0.383 e. The van der Waals surface area contributed by atoms with E-state index in [1.807, 2.05) is 36.4 Å². The maximum absolute atomic E-state index is 5.96. The molecule has 0 aliphatic heterocycles. The van der Waals surface area contributed by atoms with Crippen molar-refractivity contribution in [3.05, 3.63) is 58.3 Å². The average molecular weight is 230 g/mol. The lowest BCUT2D eigenvalue weighted by Gasteiger charge is -2.06. The van der Waals surface area contributed by atoms with Crippen molar-refractivity contribution in [2.75, 3.05) is 0 Å². The number of benzene rings is 1. The third kappa shape index (κ3) is 2.49. The second kappa shape index (κ2) is 4.94. The van der Waals surface area contributed by atoms with Crippen molar-refractivity contribution in [2.24, 2.45) is 10.7 Å². The van der Waals surface area contributed by atoms with Crippen molar-refractivity contribution >= 4 is 17.2 Å². The van der Waals surface area contributed by atoms with Gasteiger partial charge in [-0.25, -0.2) is 0 Å². The summed E-state index contributed by atoms with van der Waals surface area (Å²) in [7, 11) is 0. The minimum absolute atomic E-state index is 0.125. The fraction of sp³-hybridized carbons (Fsp3) is 0.154. The van der Waals surface area contributed by atoms with Crippen LogP contribution in [0.3, 0.4) is 0 Å². The lowest BCUT2D eigenvalue weighted by Crippen LogP contribution is -2.14. The van der Waals surface area contributed by atoms with E-state index in [-0.39, 0.29) is 6.04 Å². The molecule has 0 amide bonds. The molecule has 3 heteroatoms. The van der Waals surface area contributed by atoms with Crippen molar-refractivity contribution in [1.29, 1.82) is 0 Å². The Bertz CT molecular complexity index is 460. The lowest BCUT2D eigenvalue weighted by atomic mass is 10.2. The van der Waals surface area contributed by atoms with E-state index in [4.69, 9.17) is 5.73 Å². The van der Waals surface area contributed by atoms with E-state index in [2.05, 4.69) is 23.4 Å². The number of aliphatic imine (C=N–C) groups is 1. The molecule has 0 saturated carbocycles. The summed E-state index contributed by atoms with van der Waals surface area (Å²) < 4.78 is 0. The third-order valence-corrected chi connectivity index (χ3v) is 3.40. The molecule has 0 spiro atoms. The number of hydrogen-bond acceptors (Lipinski definition) is 2. The van der Waals surface area contributed by atoms with Gasteiger partial charge in [0.25, 0.3) is 0 Å². The van der Waals surface area contributed by atoms with Crippen LogP contribution in [0.1, 0.15) is 23.4 Å². The molecule has 2 aromatic rings. The van der Waals surface area contributed by atoms with E-state index in [0.29, 0.717) is 5.84 Å². The van der Waals surface area contributed by atoms with Crippen LogP contribution < -0.4 is 5.73 Å². The zero-order valence-corrected chi connectivity index (χ0v) is 9.95. The molecule has 0 aliphatic carbocycles. The van der Waals surface area contributed by atoms with Gasteiger partial charge in [0.05, 0.1) is 6.04 Å². The molecule has 2 rings (SSSR count). The minimum Gasteiger partial charge on any atom is -0.383 e. The average Bonchev–Trinajstić information content (AvgIpc) is 2.83. The van der Waals surface area contributed by atoms with Gasteiger partial charge in [0.1, 0.15) is 5.84 Å². The Morgan fingerprint density at radius 3 is 2.56 bits per heavy atom. The Morgan fingerprint density at radius 1 is 1.19 bits per heavy atom. The summed E-state index contributed by atoms with van der Waals surface area (Å²) in [6.45, 7) is 2.06. The van der Waals surface area contributed by atoms with Crippen LogP contribution in [0.2, 0.25) is 0 Å². The predicted octanol–water partition coefficient (Wildman–Crippen LogP) is 3.21. The molecule has 0 fully saturated rings. The van der Waals surface area contributed by atoms with Gasteiger partial charge in [-0.3, -0.25) is 4.99 Å². The number of rotatable bonds is 3. The van der Waals surface area contributed by atoms with Crippen molar-refractivity contribution in [3.8, 4) is 0 Å². The van der Waals surface area contributed by atoms with Gasteiger partial charge in [0.2, 0.25) is 0 Å². The summed E-state index contributed by atoms with van der Waals surface area (Å²) in [5.74, 6) is 0.599. The quantitative estimate of drug-likeness (QED) is 0.638. The maximum atomic E-state index is 5.96. The summed E-state index contributed by atoms with van der Waals surface area (Å²) in [4.78, 5) is 5.73. The second-order valence-corrected chi connectivity index (χ2v) is 4.55. The SMILES string of the molecule is CC(N=C(N)c1ccccc1)c1cccs1. The van der Waals surface area contributed by atoms with Gasteiger partial charge in [-0.15, -0.1) is 11.3 Å². The van der Waals surface area contributed by atoms with Crippen LogP contribution in [0.25, 0.3) is 0 Å². The summed E-state index contributed by atoms with van der Waals surface area (Å²) >= 11 is 1.71. The Kier molecular flexibility index (Phi) is 3.37. The molecule has 16 heavy (non-hydrogen) atoms. The molecule has 1 heterocycles. The van der Waals surface area contributed by atoms with Gasteiger partial charge >= 0.3 is 0 Å². The van der Waals surface area contributed by atoms with Crippen molar-refractivity contribution in [3.63, 3.8) is 0 Å². The number of nitrogens with zero attached hydrogens (tertiary/aromatic N) is 1. The Morgan fingerprint density at radius 2 is 1.94 bits per heavy atom. The number of nitrogens with two attached hydrogens (primary N) is 1. The van der Waals surface area contributed by atoms with E-state index in [1.165, 1.54) is 4.88 Å². The van der Waals surface area contributed by atoms with Crippen LogP contribution in [-0.4, -0.2) is 5.84 Å². The van der Waals surface area contributed by atoms with Gasteiger partial charge in [-0.1, -0.05) is 36.4 Å². The third-order valence-electron chi connectivity index (χ3n) is 2.36. The summed E-state index contributed by atoms with van der Waals surface area (Å²) in [5, 5.41) is 2.06. The van der Waals surface area contributed by atoms with Gasteiger partial charge in [-0.05, 0) is 18.4 Å². The minimum atomic E-state index is 0.125. The first-order valence-corrected chi connectivity index (χ1v) is 6.07. The highest BCUT2D eigenvalue weighted by Gasteiger charge is 2.05. The van der Waals surface area contributed by atoms with Gasteiger partial charge in [0, 0.05) is 10.4 Å². The standard InChI is InChI=1S/C13H14N2S/c1-10(12-8-5-9-16-12)15-13(14)11-6-3-2-4-7-11/h2-10H,1H3,(H2,14,15).